The second-order valence-corrected chi connectivity index (χ2v) is 4.97. The van der Waals surface area contributed by atoms with Crippen LogP contribution in [0.3, 0.4) is 0 Å². The van der Waals surface area contributed by atoms with Crippen molar-refractivity contribution in [2.24, 2.45) is 0 Å². The number of nitrogens with one attached hydrogen (secondary N) is 1. The van der Waals surface area contributed by atoms with Gasteiger partial charge in [-0.05, 0) is 39.8 Å². The Morgan fingerprint density at radius 2 is 1.90 bits per heavy atom. The molecule has 1 rings (SSSR count). The molecule has 0 aliphatic rings. The summed E-state index contributed by atoms with van der Waals surface area (Å²) < 4.78 is 4.91. The van der Waals surface area contributed by atoms with Gasteiger partial charge in [0.25, 0.3) is 5.91 Å². The first-order valence-electron chi connectivity index (χ1n) is 7.30. The second kappa shape index (κ2) is 8.29. The highest BCUT2D eigenvalue weighted by atomic mass is 16.5. The molecule has 0 radical (unpaired) electrons. The molecule has 0 unspecified atom stereocenters. The van der Waals surface area contributed by atoms with Gasteiger partial charge >= 0.3 is 5.97 Å². The molecule has 1 aromatic rings. The minimum atomic E-state index is -0.387. The number of carbonyl (C=O) groups is 2. The summed E-state index contributed by atoms with van der Waals surface area (Å²) in [6.45, 7) is 8.35. The van der Waals surface area contributed by atoms with Gasteiger partial charge in [0, 0.05) is 18.3 Å². The number of likely N-dealkylation sites (N-methyl/N-ethyl adjacent to an activating group) is 1. The predicted molar refractivity (Wildman–Crippen MR) is 83.4 cm³/mol. The monoisotopic (exact) mass is 292 g/mol. The summed E-state index contributed by atoms with van der Waals surface area (Å²) in [6, 6.07) is 7.55. The molecular formula is C16H24N2O3. The number of anilines is 1. The van der Waals surface area contributed by atoms with Gasteiger partial charge in [-0.25, -0.2) is 0 Å². The van der Waals surface area contributed by atoms with E-state index in [1.807, 2.05) is 39.0 Å². The summed E-state index contributed by atoms with van der Waals surface area (Å²) in [4.78, 5) is 25.7. The van der Waals surface area contributed by atoms with E-state index in [0.717, 1.165) is 5.69 Å². The summed E-state index contributed by atoms with van der Waals surface area (Å²) >= 11 is 0. The third kappa shape index (κ3) is 5.10. The first-order valence-corrected chi connectivity index (χ1v) is 7.30. The molecule has 1 aromatic carbocycles. The van der Waals surface area contributed by atoms with Gasteiger partial charge < -0.3 is 15.0 Å². The van der Waals surface area contributed by atoms with Crippen molar-refractivity contribution < 1.29 is 14.3 Å². The van der Waals surface area contributed by atoms with E-state index in [9.17, 15) is 9.59 Å². The molecule has 0 atom stereocenters. The molecule has 1 N–H and O–H groups in total. The third-order valence-corrected chi connectivity index (χ3v) is 2.90. The minimum Gasteiger partial charge on any atom is -0.465 e. The topological polar surface area (TPSA) is 58.6 Å². The zero-order valence-electron chi connectivity index (χ0n) is 13.2. The second-order valence-electron chi connectivity index (χ2n) is 4.97. The molecule has 0 aromatic heterocycles. The van der Waals surface area contributed by atoms with Crippen LogP contribution >= 0.6 is 0 Å². The minimum absolute atomic E-state index is 0.0286. The molecule has 0 bridgehead atoms. The summed E-state index contributed by atoms with van der Waals surface area (Å²) in [6.07, 6.45) is 0. The predicted octanol–water partition coefficient (Wildman–Crippen LogP) is 2.53. The van der Waals surface area contributed by atoms with E-state index in [4.69, 9.17) is 4.74 Å². The van der Waals surface area contributed by atoms with Crippen molar-refractivity contribution >= 4 is 17.6 Å². The van der Waals surface area contributed by atoms with Crippen LogP contribution in [0.4, 0.5) is 5.69 Å². The molecular weight excluding hydrogens is 268 g/mol. The lowest BCUT2D eigenvalue weighted by Crippen LogP contribution is -2.36. The lowest BCUT2D eigenvalue weighted by Gasteiger charge is -2.22. The number of esters is 1. The molecule has 116 valence electrons. The molecule has 1 amide bonds. The van der Waals surface area contributed by atoms with Crippen LogP contribution in [0.25, 0.3) is 0 Å². The maximum Gasteiger partial charge on any atom is 0.325 e. The number of hydrogen-bond donors (Lipinski definition) is 1. The fourth-order valence-electron chi connectivity index (χ4n) is 1.97. The highest BCUT2D eigenvalue weighted by Gasteiger charge is 2.20. The number of nitrogens with zero attached hydrogens (tertiary/aromatic N) is 1. The quantitative estimate of drug-likeness (QED) is 0.785. The van der Waals surface area contributed by atoms with Crippen molar-refractivity contribution in [3.05, 3.63) is 29.8 Å². The van der Waals surface area contributed by atoms with Crippen LogP contribution in [0, 0.1) is 0 Å². The van der Waals surface area contributed by atoms with Gasteiger partial charge in [0.1, 0.15) is 6.54 Å². The number of para-hydroxylation sites is 1. The largest absolute Gasteiger partial charge is 0.465 e. The van der Waals surface area contributed by atoms with Crippen LogP contribution in [0.5, 0.6) is 0 Å². The van der Waals surface area contributed by atoms with Gasteiger partial charge in [0.05, 0.1) is 12.2 Å². The zero-order chi connectivity index (χ0) is 15.8. The number of rotatable bonds is 7. The Kier molecular flexibility index (Phi) is 6.72. The molecule has 21 heavy (non-hydrogen) atoms. The van der Waals surface area contributed by atoms with Crippen LogP contribution in [-0.2, 0) is 9.53 Å². The Hall–Kier alpha value is -2.04. The van der Waals surface area contributed by atoms with Crippen LogP contribution < -0.4 is 5.32 Å². The van der Waals surface area contributed by atoms with E-state index >= 15 is 0 Å². The van der Waals surface area contributed by atoms with Gasteiger partial charge in [0.2, 0.25) is 0 Å². The van der Waals surface area contributed by atoms with E-state index in [-0.39, 0.29) is 24.5 Å². The van der Waals surface area contributed by atoms with Gasteiger partial charge in [-0.2, -0.15) is 0 Å². The lowest BCUT2D eigenvalue weighted by molar-refractivity contribution is -0.143. The Balaban J connectivity index is 2.92. The summed E-state index contributed by atoms with van der Waals surface area (Å²) in [5.74, 6) is -0.559. The highest BCUT2D eigenvalue weighted by molar-refractivity contribution is 6.00. The number of amides is 1. The lowest BCUT2D eigenvalue weighted by atomic mass is 10.1. The first kappa shape index (κ1) is 17.0. The molecule has 0 heterocycles. The van der Waals surface area contributed by atoms with Crippen LogP contribution in [0.15, 0.2) is 24.3 Å². The van der Waals surface area contributed by atoms with Crippen molar-refractivity contribution in [2.75, 3.05) is 25.0 Å². The van der Waals surface area contributed by atoms with Gasteiger partial charge in [0.15, 0.2) is 0 Å². The molecule has 0 saturated heterocycles. The Morgan fingerprint density at radius 1 is 1.24 bits per heavy atom. The van der Waals surface area contributed by atoms with Gasteiger partial charge in [-0.15, -0.1) is 0 Å². The highest BCUT2D eigenvalue weighted by Crippen LogP contribution is 2.18. The Bertz CT molecular complexity index is 486. The van der Waals surface area contributed by atoms with Crippen molar-refractivity contribution in [1.29, 1.82) is 0 Å². The molecule has 5 heteroatoms. The van der Waals surface area contributed by atoms with E-state index < -0.39 is 0 Å². The average molecular weight is 292 g/mol. The van der Waals surface area contributed by atoms with Crippen molar-refractivity contribution in [2.45, 2.75) is 33.7 Å². The van der Waals surface area contributed by atoms with Crippen LogP contribution in [-0.4, -0.2) is 42.5 Å². The SMILES string of the molecule is CCOC(=O)CN(CC)C(=O)c1ccccc1NC(C)C. The fourth-order valence-corrected chi connectivity index (χ4v) is 1.97. The zero-order valence-corrected chi connectivity index (χ0v) is 13.2. The molecule has 5 nitrogen and oxygen atoms in total. The Morgan fingerprint density at radius 3 is 2.48 bits per heavy atom. The maximum absolute atomic E-state index is 12.6. The average Bonchev–Trinajstić information content (AvgIpc) is 2.44. The van der Waals surface area contributed by atoms with Crippen LogP contribution in [0.1, 0.15) is 38.1 Å². The molecule has 0 aliphatic heterocycles. The number of ether oxygens (including phenoxy) is 1. The maximum atomic E-state index is 12.6. The van der Waals surface area contributed by atoms with E-state index in [1.165, 1.54) is 4.90 Å². The van der Waals surface area contributed by atoms with Crippen molar-refractivity contribution in [1.82, 2.24) is 4.90 Å². The van der Waals surface area contributed by atoms with E-state index in [2.05, 4.69) is 5.32 Å². The normalized spacial score (nSPS) is 10.3. The summed E-state index contributed by atoms with van der Waals surface area (Å²) in [7, 11) is 0. The van der Waals surface area contributed by atoms with Crippen LogP contribution in [0.2, 0.25) is 0 Å². The van der Waals surface area contributed by atoms with Crippen molar-refractivity contribution in [3.63, 3.8) is 0 Å². The first-order chi connectivity index (χ1) is 9.99. The number of carbonyl (C=O) groups excluding carboxylic acids is 2. The molecule has 0 fully saturated rings. The summed E-state index contributed by atoms with van der Waals surface area (Å²) in [5, 5.41) is 3.25. The smallest absolute Gasteiger partial charge is 0.325 e. The van der Waals surface area contributed by atoms with E-state index in [1.54, 1.807) is 13.0 Å². The Labute approximate surface area is 126 Å². The number of hydrogen-bond acceptors (Lipinski definition) is 4. The van der Waals surface area contributed by atoms with Gasteiger partial charge in [-0.3, -0.25) is 9.59 Å². The standard InChI is InChI=1S/C16H24N2O3/c1-5-18(11-15(19)21-6-2)16(20)13-9-7-8-10-14(13)17-12(3)4/h7-10,12,17H,5-6,11H2,1-4H3. The van der Waals surface area contributed by atoms with E-state index in [0.29, 0.717) is 18.7 Å². The third-order valence-electron chi connectivity index (χ3n) is 2.90. The fraction of sp³-hybridized carbons (Fsp3) is 0.500. The van der Waals surface area contributed by atoms with Gasteiger partial charge in [-0.1, -0.05) is 12.1 Å². The summed E-state index contributed by atoms with van der Waals surface area (Å²) in [5.41, 5.74) is 1.34. The molecule has 0 spiro atoms. The van der Waals surface area contributed by atoms with Crippen molar-refractivity contribution in [3.8, 4) is 0 Å². The molecule has 0 saturated carbocycles. The molecule has 0 aliphatic carbocycles. The number of benzene rings is 1.